The summed E-state index contributed by atoms with van der Waals surface area (Å²) in [6, 6.07) is -0.434. The topological polar surface area (TPSA) is 49.8 Å². The summed E-state index contributed by atoms with van der Waals surface area (Å²) >= 11 is 0. The number of alkyl halides is 1. The molecule has 1 N–H and O–H groups in total. The fraction of sp³-hybridized carbons (Fsp3) is 0.889. The summed E-state index contributed by atoms with van der Waals surface area (Å²) in [5, 5.41) is 8.92. The predicted molar refractivity (Wildman–Crippen MR) is 48.7 cm³/mol. The van der Waals surface area contributed by atoms with Gasteiger partial charge in [0.15, 0.2) is 0 Å². The van der Waals surface area contributed by atoms with E-state index in [1.807, 2.05) is 0 Å². The van der Waals surface area contributed by atoms with E-state index in [0.29, 0.717) is 0 Å². The van der Waals surface area contributed by atoms with Gasteiger partial charge in [-0.1, -0.05) is 0 Å². The lowest BCUT2D eigenvalue weighted by molar-refractivity contribution is 0.0626. The van der Waals surface area contributed by atoms with Crippen LogP contribution in [0.5, 0.6) is 0 Å². The van der Waals surface area contributed by atoms with Crippen molar-refractivity contribution < 1.29 is 19.0 Å². The molecule has 1 heterocycles. The van der Waals surface area contributed by atoms with Crippen LogP contribution in [0.15, 0.2) is 0 Å². The monoisotopic (exact) mass is 205 g/mol. The second-order valence-electron chi connectivity index (χ2n) is 3.75. The Morgan fingerprint density at radius 2 is 2.36 bits per heavy atom. The van der Waals surface area contributed by atoms with Crippen molar-refractivity contribution in [3.05, 3.63) is 0 Å². The number of ether oxygens (including phenoxy) is 1. The molecule has 14 heavy (non-hydrogen) atoms. The van der Waals surface area contributed by atoms with Crippen LogP contribution in [-0.4, -0.2) is 47.6 Å². The van der Waals surface area contributed by atoms with Crippen molar-refractivity contribution in [2.75, 3.05) is 13.2 Å². The Kier molecular flexibility index (Phi) is 3.69. The number of nitrogens with zero attached hydrogens (tertiary/aromatic N) is 1. The molecule has 1 fully saturated rings. The molecule has 0 aliphatic carbocycles. The lowest BCUT2D eigenvalue weighted by atomic mass is 10.2. The number of aliphatic hydroxyl groups is 1. The lowest BCUT2D eigenvalue weighted by Crippen LogP contribution is -2.39. The molecule has 82 valence electrons. The zero-order chi connectivity index (χ0) is 10.7. The van der Waals surface area contributed by atoms with Crippen molar-refractivity contribution in [3.8, 4) is 0 Å². The van der Waals surface area contributed by atoms with Crippen LogP contribution in [0.1, 0.15) is 20.3 Å². The summed E-state index contributed by atoms with van der Waals surface area (Å²) in [7, 11) is 0. The van der Waals surface area contributed by atoms with E-state index in [2.05, 4.69) is 0 Å². The van der Waals surface area contributed by atoms with Crippen LogP contribution in [0.25, 0.3) is 0 Å². The summed E-state index contributed by atoms with van der Waals surface area (Å²) in [6.45, 7) is 3.27. The molecule has 0 aromatic heterocycles. The highest BCUT2D eigenvalue weighted by molar-refractivity contribution is 5.68. The van der Waals surface area contributed by atoms with Crippen molar-refractivity contribution in [2.45, 2.75) is 38.6 Å². The molecule has 0 aromatic carbocycles. The van der Waals surface area contributed by atoms with Crippen LogP contribution in [-0.2, 0) is 4.74 Å². The average Bonchev–Trinajstić information content (AvgIpc) is 2.45. The van der Waals surface area contributed by atoms with Crippen molar-refractivity contribution >= 4 is 6.09 Å². The first-order valence-electron chi connectivity index (χ1n) is 4.76. The van der Waals surface area contributed by atoms with Gasteiger partial charge in [-0.25, -0.2) is 9.18 Å². The van der Waals surface area contributed by atoms with E-state index in [9.17, 15) is 9.18 Å². The Bertz CT molecular complexity index is 210. The van der Waals surface area contributed by atoms with E-state index in [1.54, 1.807) is 13.8 Å². The Morgan fingerprint density at radius 1 is 1.71 bits per heavy atom. The minimum atomic E-state index is -1.05. The lowest BCUT2D eigenvalue weighted by Gasteiger charge is -2.22. The Morgan fingerprint density at radius 3 is 2.86 bits per heavy atom. The summed E-state index contributed by atoms with van der Waals surface area (Å²) in [5.74, 6) is 0. The molecule has 0 radical (unpaired) electrons. The molecule has 0 aromatic rings. The zero-order valence-electron chi connectivity index (χ0n) is 8.44. The Hall–Kier alpha value is -0.840. The van der Waals surface area contributed by atoms with E-state index < -0.39 is 18.3 Å². The third kappa shape index (κ3) is 2.57. The largest absolute Gasteiger partial charge is 0.447 e. The quantitative estimate of drug-likeness (QED) is 0.729. The molecular formula is C9H16FNO3. The Labute approximate surface area is 82.6 Å². The summed E-state index contributed by atoms with van der Waals surface area (Å²) < 4.78 is 17.9. The van der Waals surface area contributed by atoms with E-state index in [-0.39, 0.29) is 25.7 Å². The van der Waals surface area contributed by atoms with Gasteiger partial charge in [0.25, 0.3) is 0 Å². The van der Waals surface area contributed by atoms with Crippen LogP contribution in [0.3, 0.4) is 0 Å². The third-order valence-electron chi connectivity index (χ3n) is 2.15. The summed E-state index contributed by atoms with van der Waals surface area (Å²) in [4.78, 5) is 12.7. The number of amides is 1. The number of likely N-dealkylation sites (tertiary alicyclic amines) is 1. The van der Waals surface area contributed by atoms with Gasteiger partial charge in [0.1, 0.15) is 6.17 Å². The van der Waals surface area contributed by atoms with Crippen LogP contribution in [0.4, 0.5) is 9.18 Å². The molecule has 0 spiro atoms. The molecule has 1 rings (SSSR count). The minimum absolute atomic E-state index is 0.0246. The van der Waals surface area contributed by atoms with Crippen LogP contribution in [0.2, 0.25) is 0 Å². The van der Waals surface area contributed by atoms with Crippen LogP contribution >= 0.6 is 0 Å². The van der Waals surface area contributed by atoms with Gasteiger partial charge in [-0.2, -0.15) is 0 Å². The minimum Gasteiger partial charge on any atom is -0.447 e. The number of hydrogen-bond acceptors (Lipinski definition) is 3. The molecule has 5 heteroatoms. The highest BCUT2D eigenvalue weighted by atomic mass is 19.1. The second-order valence-corrected chi connectivity index (χ2v) is 3.75. The fourth-order valence-corrected chi connectivity index (χ4v) is 1.53. The van der Waals surface area contributed by atoms with Crippen molar-refractivity contribution in [1.82, 2.24) is 4.90 Å². The average molecular weight is 205 g/mol. The van der Waals surface area contributed by atoms with E-state index in [4.69, 9.17) is 9.84 Å². The molecule has 1 unspecified atom stereocenters. The maximum absolute atomic E-state index is 12.9. The third-order valence-corrected chi connectivity index (χ3v) is 2.15. The number of carbonyl (C=O) groups excluding carboxylic acids is 1. The van der Waals surface area contributed by atoms with Crippen molar-refractivity contribution in [2.24, 2.45) is 0 Å². The molecule has 4 nitrogen and oxygen atoms in total. The predicted octanol–water partition coefficient (Wildman–Crippen LogP) is 0.936. The highest BCUT2D eigenvalue weighted by Gasteiger charge is 2.35. The number of rotatable bonds is 2. The number of carbonyl (C=O) groups is 1. The SMILES string of the molecule is CC(C)OC(=O)N1C[C@@H](F)CC1CO. The number of halogens is 1. The van der Waals surface area contributed by atoms with Gasteiger partial charge in [0.05, 0.1) is 25.3 Å². The Balaban J connectivity index is 2.53. The van der Waals surface area contributed by atoms with Crippen molar-refractivity contribution in [3.63, 3.8) is 0 Å². The smallest absolute Gasteiger partial charge is 0.410 e. The summed E-state index contributed by atoms with van der Waals surface area (Å²) in [6.07, 6.45) is -1.62. The first-order chi connectivity index (χ1) is 6.54. The van der Waals surface area contributed by atoms with Gasteiger partial charge in [0.2, 0.25) is 0 Å². The zero-order valence-corrected chi connectivity index (χ0v) is 8.44. The standard InChI is InChI=1S/C9H16FNO3/c1-6(2)14-9(13)11-4-7(10)3-8(11)5-12/h6-8,12H,3-5H2,1-2H3/t7-,8?/m0/s1. The fourth-order valence-electron chi connectivity index (χ4n) is 1.53. The van der Waals surface area contributed by atoms with Crippen LogP contribution in [0, 0.1) is 0 Å². The van der Waals surface area contributed by atoms with Crippen molar-refractivity contribution in [1.29, 1.82) is 0 Å². The number of aliphatic hydroxyl groups excluding tert-OH is 1. The first-order valence-corrected chi connectivity index (χ1v) is 4.76. The maximum atomic E-state index is 12.9. The second kappa shape index (κ2) is 4.59. The molecule has 1 amide bonds. The molecule has 1 aliphatic rings. The van der Waals surface area contributed by atoms with E-state index in [1.165, 1.54) is 4.90 Å². The molecular weight excluding hydrogens is 189 g/mol. The van der Waals surface area contributed by atoms with Gasteiger partial charge < -0.3 is 9.84 Å². The van der Waals surface area contributed by atoms with Gasteiger partial charge in [-0.3, -0.25) is 4.90 Å². The van der Waals surface area contributed by atoms with Gasteiger partial charge in [0, 0.05) is 6.42 Å². The first kappa shape index (κ1) is 11.2. The normalized spacial score (nSPS) is 27.1. The molecule has 0 saturated carbocycles. The molecule has 1 saturated heterocycles. The van der Waals surface area contributed by atoms with E-state index >= 15 is 0 Å². The van der Waals surface area contributed by atoms with E-state index in [0.717, 1.165) is 0 Å². The molecule has 0 bridgehead atoms. The van der Waals surface area contributed by atoms with Gasteiger partial charge in [-0.15, -0.1) is 0 Å². The van der Waals surface area contributed by atoms with Gasteiger partial charge in [-0.05, 0) is 13.8 Å². The summed E-state index contributed by atoms with van der Waals surface area (Å²) in [5.41, 5.74) is 0. The molecule has 1 aliphatic heterocycles. The maximum Gasteiger partial charge on any atom is 0.410 e. The van der Waals surface area contributed by atoms with Crippen LogP contribution < -0.4 is 0 Å². The number of hydrogen-bond donors (Lipinski definition) is 1. The van der Waals surface area contributed by atoms with Gasteiger partial charge >= 0.3 is 6.09 Å². The molecule has 2 atom stereocenters. The highest BCUT2D eigenvalue weighted by Crippen LogP contribution is 2.21.